The summed E-state index contributed by atoms with van der Waals surface area (Å²) in [6.45, 7) is 0. The Morgan fingerprint density at radius 2 is 2.00 bits per heavy atom. The van der Waals surface area contributed by atoms with Gasteiger partial charge in [0.05, 0.1) is 5.75 Å². The molecule has 1 unspecified atom stereocenters. The molecule has 0 spiro atoms. The van der Waals surface area contributed by atoms with Crippen LogP contribution in [0, 0.1) is 0 Å². The van der Waals surface area contributed by atoms with Gasteiger partial charge in [-0.2, -0.15) is 0 Å². The summed E-state index contributed by atoms with van der Waals surface area (Å²) in [6.07, 6.45) is 1.96. The zero-order chi connectivity index (χ0) is 6.91. The molecule has 1 fully saturated rings. The van der Waals surface area contributed by atoms with Crippen LogP contribution < -0.4 is 0 Å². The van der Waals surface area contributed by atoms with Crippen molar-refractivity contribution >= 4 is 9.84 Å². The molecule has 1 aliphatic heterocycles. The fraction of sp³-hybridized carbons (Fsp3) is 1.00. The maximum Gasteiger partial charge on any atom is 0.176 e. The highest BCUT2D eigenvalue weighted by atomic mass is 32.2. The molecule has 9 heavy (non-hydrogen) atoms. The van der Waals surface area contributed by atoms with Gasteiger partial charge in [0.25, 0.3) is 0 Å². The molecule has 1 aliphatic rings. The molecule has 1 rings (SSSR count). The van der Waals surface area contributed by atoms with Gasteiger partial charge in [0.1, 0.15) is 0 Å². The average Bonchev–Trinajstić information content (AvgIpc) is 1.77. The van der Waals surface area contributed by atoms with E-state index in [-0.39, 0.29) is 5.75 Å². The van der Waals surface area contributed by atoms with Crippen molar-refractivity contribution in [3.63, 3.8) is 0 Å². The normalized spacial score (nSPS) is 34.1. The second-order valence-corrected chi connectivity index (χ2v) is 4.60. The summed E-state index contributed by atoms with van der Waals surface area (Å²) in [6, 6.07) is 0. The van der Waals surface area contributed by atoms with Crippen molar-refractivity contribution < 1.29 is 13.5 Å². The van der Waals surface area contributed by atoms with Gasteiger partial charge in [0.2, 0.25) is 0 Å². The first-order valence-electron chi connectivity index (χ1n) is 3.02. The van der Waals surface area contributed by atoms with Crippen LogP contribution in [0.15, 0.2) is 0 Å². The Labute approximate surface area is 54.6 Å². The third kappa shape index (κ3) is 1.43. The number of rotatable bonds is 0. The smallest absolute Gasteiger partial charge is 0.176 e. The number of hydrogen-bond acceptors (Lipinski definition) is 3. The van der Waals surface area contributed by atoms with E-state index in [1.54, 1.807) is 0 Å². The summed E-state index contributed by atoms with van der Waals surface area (Å²) in [5, 5.41) is 8.85. The van der Waals surface area contributed by atoms with Crippen molar-refractivity contribution in [2.24, 2.45) is 0 Å². The standard InChI is InChI=1S/C5H10O3S/c6-5-3-1-2-4-9(5,7)8/h5-6H,1-4H2. The molecule has 1 heterocycles. The zero-order valence-corrected chi connectivity index (χ0v) is 5.89. The molecule has 0 radical (unpaired) electrons. The minimum absolute atomic E-state index is 0.161. The average molecular weight is 150 g/mol. The fourth-order valence-electron chi connectivity index (χ4n) is 0.938. The molecule has 0 saturated carbocycles. The first kappa shape index (κ1) is 7.02. The third-order valence-corrected chi connectivity index (χ3v) is 3.47. The summed E-state index contributed by atoms with van der Waals surface area (Å²) >= 11 is 0. The van der Waals surface area contributed by atoms with E-state index in [0.29, 0.717) is 12.8 Å². The number of aliphatic hydroxyl groups is 1. The van der Waals surface area contributed by atoms with Crippen molar-refractivity contribution in [3.8, 4) is 0 Å². The van der Waals surface area contributed by atoms with Gasteiger partial charge in [0.15, 0.2) is 15.3 Å². The Morgan fingerprint density at radius 3 is 2.33 bits per heavy atom. The molecule has 0 bridgehead atoms. The number of sulfone groups is 1. The van der Waals surface area contributed by atoms with E-state index in [4.69, 9.17) is 5.11 Å². The first-order chi connectivity index (χ1) is 4.13. The lowest BCUT2D eigenvalue weighted by molar-refractivity contribution is 0.228. The van der Waals surface area contributed by atoms with Gasteiger partial charge in [0, 0.05) is 0 Å². The molecule has 54 valence electrons. The molecule has 1 N–H and O–H groups in total. The predicted octanol–water partition coefficient (Wildman–Crippen LogP) is -0.0965. The van der Waals surface area contributed by atoms with E-state index >= 15 is 0 Å². The second kappa shape index (κ2) is 2.27. The van der Waals surface area contributed by atoms with Crippen LogP contribution >= 0.6 is 0 Å². The van der Waals surface area contributed by atoms with Gasteiger partial charge in [-0.25, -0.2) is 8.42 Å². The molecule has 4 heteroatoms. The van der Waals surface area contributed by atoms with Gasteiger partial charge < -0.3 is 5.11 Å². The molecule has 1 saturated heterocycles. The van der Waals surface area contributed by atoms with Crippen LogP contribution in [-0.4, -0.2) is 24.7 Å². The summed E-state index contributed by atoms with van der Waals surface area (Å²) in [5.41, 5.74) is -1.08. The topological polar surface area (TPSA) is 54.4 Å². The van der Waals surface area contributed by atoms with E-state index < -0.39 is 15.3 Å². The van der Waals surface area contributed by atoms with E-state index in [0.717, 1.165) is 6.42 Å². The number of hydrogen-bond donors (Lipinski definition) is 1. The monoisotopic (exact) mass is 150 g/mol. The molecule has 0 aromatic carbocycles. The Balaban J connectivity index is 2.72. The largest absolute Gasteiger partial charge is 0.377 e. The summed E-state index contributed by atoms with van der Waals surface area (Å²) in [5.74, 6) is 0.161. The Bertz CT molecular complexity index is 182. The van der Waals surface area contributed by atoms with Crippen LogP contribution in [0.25, 0.3) is 0 Å². The van der Waals surface area contributed by atoms with Gasteiger partial charge in [-0.05, 0) is 19.3 Å². The summed E-state index contributed by atoms with van der Waals surface area (Å²) in [4.78, 5) is 0. The molecule has 0 aromatic rings. The van der Waals surface area contributed by atoms with Crippen molar-refractivity contribution in [2.75, 3.05) is 5.75 Å². The highest BCUT2D eigenvalue weighted by Gasteiger charge is 2.25. The van der Waals surface area contributed by atoms with Crippen LogP contribution in [0.4, 0.5) is 0 Å². The van der Waals surface area contributed by atoms with Crippen LogP contribution in [-0.2, 0) is 9.84 Å². The molecule has 0 amide bonds. The SMILES string of the molecule is O=S1(=O)CCCCC1O. The molecule has 0 aliphatic carbocycles. The van der Waals surface area contributed by atoms with Crippen molar-refractivity contribution in [3.05, 3.63) is 0 Å². The predicted molar refractivity (Wildman–Crippen MR) is 33.6 cm³/mol. The molecule has 3 nitrogen and oxygen atoms in total. The highest BCUT2D eigenvalue weighted by molar-refractivity contribution is 7.91. The summed E-state index contributed by atoms with van der Waals surface area (Å²) < 4.78 is 21.5. The maximum atomic E-state index is 10.7. The van der Waals surface area contributed by atoms with Crippen LogP contribution in [0.5, 0.6) is 0 Å². The minimum atomic E-state index is -3.11. The van der Waals surface area contributed by atoms with Crippen molar-refractivity contribution in [1.82, 2.24) is 0 Å². The fourth-order valence-corrected chi connectivity index (χ4v) is 2.34. The van der Waals surface area contributed by atoms with E-state index in [2.05, 4.69) is 0 Å². The van der Waals surface area contributed by atoms with Gasteiger partial charge in [-0.1, -0.05) is 0 Å². The van der Waals surface area contributed by atoms with Crippen LogP contribution in [0.1, 0.15) is 19.3 Å². The van der Waals surface area contributed by atoms with E-state index in [1.807, 2.05) is 0 Å². The van der Waals surface area contributed by atoms with E-state index in [9.17, 15) is 8.42 Å². The van der Waals surface area contributed by atoms with Gasteiger partial charge in [-0.3, -0.25) is 0 Å². The van der Waals surface area contributed by atoms with Crippen LogP contribution in [0.2, 0.25) is 0 Å². The molecular formula is C5H10O3S. The molecular weight excluding hydrogens is 140 g/mol. The lowest BCUT2D eigenvalue weighted by Gasteiger charge is -2.16. The lowest BCUT2D eigenvalue weighted by Crippen LogP contribution is -2.27. The van der Waals surface area contributed by atoms with Crippen molar-refractivity contribution in [1.29, 1.82) is 0 Å². The minimum Gasteiger partial charge on any atom is -0.377 e. The molecule has 1 atom stereocenters. The zero-order valence-electron chi connectivity index (χ0n) is 5.08. The Morgan fingerprint density at radius 1 is 1.33 bits per heavy atom. The van der Waals surface area contributed by atoms with Crippen molar-refractivity contribution in [2.45, 2.75) is 24.7 Å². The van der Waals surface area contributed by atoms with Gasteiger partial charge in [-0.15, -0.1) is 0 Å². The lowest BCUT2D eigenvalue weighted by atomic mass is 10.2. The quantitative estimate of drug-likeness (QED) is 0.524. The van der Waals surface area contributed by atoms with E-state index in [1.165, 1.54) is 0 Å². The Hall–Kier alpha value is -0.0900. The highest BCUT2D eigenvalue weighted by Crippen LogP contribution is 2.16. The second-order valence-electron chi connectivity index (χ2n) is 2.32. The summed E-state index contributed by atoms with van der Waals surface area (Å²) in [7, 11) is -3.11. The third-order valence-electron chi connectivity index (χ3n) is 1.54. The van der Waals surface area contributed by atoms with Crippen LogP contribution in [0.3, 0.4) is 0 Å². The maximum absolute atomic E-state index is 10.7. The molecule has 0 aromatic heterocycles. The number of aliphatic hydroxyl groups excluding tert-OH is 1. The Kier molecular flexibility index (Phi) is 1.77. The van der Waals surface area contributed by atoms with Gasteiger partial charge >= 0.3 is 0 Å². The first-order valence-corrected chi connectivity index (χ1v) is 4.74.